The van der Waals surface area contributed by atoms with E-state index >= 15 is 0 Å². The number of carbonyl (C=O) groups is 1. The molecule has 0 fully saturated rings. The van der Waals surface area contributed by atoms with Crippen LogP contribution in [-0.2, 0) is 17.6 Å². The van der Waals surface area contributed by atoms with Crippen LogP contribution in [0.4, 0.5) is 5.13 Å². The molecular weight excluding hydrogens is 488 g/mol. The Hall–Kier alpha value is -3.62. The molecule has 1 aliphatic rings. The molecular formula is C28H24N4O2S2. The highest BCUT2D eigenvalue weighted by atomic mass is 32.1. The molecule has 0 saturated carbocycles. The minimum atomic E-state index is -0.741. The summed E-state index contributed by atoms with van der Waals surface area (Å²) in [6, 6.07) is 15.6. The number of rotatable bonds is 5. The van der Waals surface area contributed by atoms with Crippen molar-refractivity contribution in [3.63, 3.8) is 0 Å². The summed E-state index contributed by atoms with van der Waals surface area (Å²) in [6.45, 7) is 1.71. The van der Waals surface area contributed by atoms with E-state index in [1.54, 1.807) is 6.92 Å². The van der Waals surface area contributed by atoms with Gasteiger partial charge in [-0.05, 0) is 49.3 Å². The first-order valence-electron chi connectivity index (χ1n) is 12.0. The van der Waals surface area contributed by atoms with Crippen molar-refractivity contribution in [3.05, 3.63) is 87.1 Å². The second-order valence-corrected chi connectivity index (χ2v) is 10.8. The summed E-state index contributed by atoms with van der Waals surface area (Å²) in [4.78, 5) is 36.4. The van der Waals surface area contributed by atoms with Gasteiger partial charge in [-0.1, -0.05) is 48.5 Å². The van der Waals surface area contributed by atoms with Crippen molar-refractivity contribution in [2.45, 2.75) is 38.6 Å². The number of nitrogens with one attached hydrogen (secondary N) is 1. The summed E-state index contributed by atoms with van der Waals surface area (Å²) in [5.74, 6) is -0.308. The molecule has 3 heterocycles. The standard InChI is InChI=1S/C28H24N4O2S2/c1-17(25(33)31-28-30-23(15-36-28)19-8-3-2-4-9-19)32-16-29-26-24(27(32)34)22(14-35-26)21-12-11-18-7-5-6-10-20(18)13-21/h2-4,8-9,11-17H,5-7,10H2,1H3,(H,30,31,33). The molecule has 180 valence electrons. The second kappa shape index (κ2) is 9.44. The molecule has 0 aliphatic heterocycles. The molecule has 0 saturated heterocycles. The summed E-state index contributed by atoms with van der Waals surface area (Å²) in [5, 5.41) is 7.84. The van der Waals surface area contributed by atoms with Crippen LogP contribution >= 0.6 is 22.7 Å². The lowest BCUT2D eigenvalue weighted by molar-refractivity contribution is -0.118. The lowest BCUT2D eigenvalue weighted by Gasteiger charge is -2.17. The monoisotopic (exact) mass is 512 g/mol. The van der Waals surface area contributed by atoms with Crippen LogP contribution in [0.5, 0.6) is 0 Å². The minimum Gasteiger partial charge on any atom is -0.300 e. The Bertz CT molecular complexity index is 1630. The Balaban J connectivity index is 1.29. The van der Waals surface area contributed by atoms with E-state index in [1.165, 1.54) is 57.5 Å². The van der Waals surface area contributed by atoms with Crippen molar-refractivity contribution in [2.24, 2.45) is 0 Å². The van der Waals surface area contributed by atoms with Gasteiger partial charge in [-0.15, -0.1) is 22.7 Å². The number of hydrogen-bond acceptors (Lipinski definition) is 6. The van der Waals surface area contributed by atoms with Gasteiger partial charge in [0, 0.05) is 21.9 Å². The van der Waals surface area contributed by atoms with Gasteiger partial charge in [0.25, 0.3) is 5.56 Å². The van der Waals surface area contributed by atoms with Crippen LogP contribution in [0.1, 0.15) is 36.9 Å². The number of aromatic nitrogens is 3. The summed E-state index contributed by atoms with van der Waals surface area (Å²) in [7, 11) is 0. The first-order valence-corrected chi connectivity index (χ1v) is 13.8. The second-order valence-electron chi connectivity index (χ2n) is 9.05. The number of thiazole rings is 1. The van der Waals surface area contributed by atoms with E-state index < -0.39 is 6.04 Å². The molecule has 8 heteroatoms. The highest BCUT2D eigenvalue weighted by molar-refractivity contribution is 7.17. The van der Waals surface area contributed by atoms with Crippen molar-refractivity contribution in [1.29, 1.82) is 0 Å². The van der Waals surface area contributed by atoms with Crippen molar-refractivity contribution < 1.29 is 4.79 Å². The lowest BCUT2D eigenvalue weighted by atomic mass is 9.89. The number of anilines is 1. The molecule has 0 spiro atoms. The maximum atomic E-state index is 13.6. The van der Waals surface area contributed by atoms with Crippen LogP contribution in [0.3, 0.4) is 0 Å². The molecule has 2 aromatic carbocycles. The van der Waals surface area contributed by atoms with Gasteiger partial charge in [0.2, 0.25) is 5.91 Å². The number of fused-ring (bicyclic) bond motifs is 2. The number of carbonyl (C=O) groups excluding carboxylic acids is 1. The molecule has 5 aromatic rings. The summed E-state index contributed by atoms with van der Waals surface area (Å²) in [5.41, 5.74) is 6.27. The Morgan fingerprint density at radius 2 is 1.81 bits per heavy atom. The van der Waals surface area contributed by atoms with Crippen molar-refractivity contribution in [2.75, 3.05) is 5.32 Å². The van der Waals surface area contributed by atoms with Crippen LogP contribution in [0.15, 0.2) is 70.4 Å². The van der Waals surface area contributed by atoms with Gasteiger partial charge >= 0.3 is 0 Å². The molecule has 1 unspecified atom stereocenters. The van der Waals surface area contributed by atoms with Gasteiger partial charge in [0.05, 0.1) is 17.4 Å². The quantitative estimate of drug-likeness (QED) is 0.299. The predicted octanol–water partition coefficient (Wildman–Crippen LogP) is 6.33. The summed E-state index contributed by atoms with van der Waals surface area (Å²) >= 11 is 2.82. The molecule has 36 heavy (non-hydrogen) atoms. The molecule has 1 N–H and O–H groups in total. The van der Waals surface area contributed by atoms with Crippen LogP contribution in [0.2, 0.25) is 0 Å². The minimum absolute atomic E-state index is 0.208. The van der Waals surface area contributed by atoms with Gasteiger partial charge in [0.15, 0.2) is 5.13 Å². The summed E-state index contributed by atoms with van der Waals surface area (Å²) in [6.07, 6.45) is 6.10. The number of amides is 1. The average Bonchev–Trinajstić information content (AvgIpc) is 3.57. The molecule has 3 aromatic heterocycles. The van der Waals surface area contributed by atoms with E-state index in [9.17, 15) is 9.59 Å². The fourth-order valence-electron chi connectivity index (χ4n) is 4.74. The molecule has 6 rings (SSSR count). The van der Waals surface area contributed by atoms with Crippen molar-refractivity contribution >= 4 is 43.9 Å². The Labute approximate surface area is 216 Å². The first kappa shape index (κ1) is 22.8. The smallest absolute Gasteiger partial charge is 0.263 e. The van der Waals surface area contributed by atoms with Gasteiger partial charge in [-0.2, -0.15) is 0 Å². The number of aryl methyl sites for hydroxylation is 2. The summed E-state index contributed by atoms with van der Waals surface area (Å²) < 4.78 is 1.41. The maximum Gasteiger partial charge on any atom is 0.263 e. The Morgan fingerprint density at radius 3 is 2.64 bits per heavy atom. The zero-order valence-electron chi connectivity index (χ0n) is 19.7. The number of hydrogen-bond donors (Lipinski definition) is 1. The van der Waals surface area contributed by atoms with E-state index in [4.69, 9.17) is 0 Å². The Morgan fingerprint density at radius 1 is 1.00 bits per heavy atom. The van der Waals surface area contributed by atoms with E-state index in [-0.39, 0.29) is 11.5 Å². The third-order valence-electron chi connectivity index (χ3n) is 6.78. The van der Waals surface area contributed by atoms with Crippen molar-refractivity contribution in [3.8, 4) is 22.4 Å². The van der Waals surface area contributed by atoms with Crippen LogP contribution < -0.4 is 10.9 Å². The number of benzene rings is 2. The number of thiophene rings is 1. The third kappa shape index (κ3) is 4.16. The van der Waals surface area contributed by atoms with Crippen LogP contribution in [0, 0.1) is 0 Å². The van der Waals surface area contributed by atoms with E-state index in [2.05, 4.69) is 33.5 Å². The predicted molar refractivity (Wildman–Crippen MR) is 147 cm³/mol. The van der Waals surface area contributed by atoms with Crippen molar-refractivity contribution in [1.82, 2.24) is 14.5 Å². The van der Waals surface area contributed by atoms with Gasteiger partial charge < -0.3 is 5.32 Å². The Kier molecular flexibility index (Phi) is 5.99. The zero-order chi connectivity index (χ0) is 24.6. The van der Waals surface area contributed by atoms with Crippen LogP contribution in [0.25, 0.3) is 32.6 Å². The topological polar surface area (TPSA) is 76.9 Å². The molecule has 1 amide bonds. The fourth-order valence-corrected chi connectivity index (χ4v) is 6.37. The van der Waals surface area contributed by atoms with Gasteiger partial charge in [-0.25, -0.2) is 9.97 Å². The highest BCUT2D eigenvalue weighted by Crippen LogP contribution is 2.34. The van der Waals surface area contributed by atoms with Gasteiger partial charge in [-0.3, -0.25) is 14.2 Å². The fraction of sp³-hybridized carbons (Fsp3) is 0.214. The van der Waals surface area contributed by atoms with E-state index in [0.29, 0.717) is 15.3 Å². The van der Waals surface area contributed by atoms with Gasteiger partial charge in [0.1, 0.15) is 10.9 Å². The average molecular weight is 513 g/mol. The maximum absolute atomic E-state index is 13.6. The normalized spacial score (nSPS) is 13.9. The molecule has 0 bridgehead atoms. The van der Waals surface area contributed by atoms with Crippen LogP contribution in [-0.4, -0.2) is 20.4 Å². The highest BCUT2D eigenvalue weighted by Gasteiger charge is 2.22. The SMILES string of the molecule is CC(C(=O)Nc1nc(-c2ccccc2)cs1)n1cnc2scc(-c3ccc4c(c3)CCCC4)c2c1=O. The molecule has 6 nitrogen and oxygen atoms in total. The molecule has 0 radical (unpaired) electrons. The number of nitrogens with zero attached hydrogens (tertiary/aromatic N) is 3. The lowest BCUT2D eigenvalue weighted by Crippen LogP contribution is -2.31. The largest absolute Gasteiger partial charge is 0.300 e. The van der Waals surface area contributed by atoms with E-state index in [0.717, 1.165) is 35.2 Å². The zero-order valence-corrected chi connectivity index (χ0v) is 21.4. The van der Waals surface area contributed by atoms with E-state index in [1.807, 2.05) is 41.1 Å². The third-order valence-corrected chi connectivity index (χ3v) is 8.42. The first-order chi connectivity index (χ1) is 17.6. The molecule has 1 aliphatic carbocycles. The molecule has 1 atom stereocenters.